The third-order valence-electron chi connectivity index (χ3n) is 3.67. The third kappa shape index (κ3) is 3.33. The summed E-state index contributed by atoms with van der Waals surface area (Å²) in [4.78, 5) is 15.8. The van der Waals surface area contributed by atoms with Gasteiger partial charge in [0.1, 0.15) is 5.82 Å². The van der Waals surface area contributed by atoms with E-state index >= 15 is 0 Å². The van der Waals surface area contributed by atoms with Crippen LogP contribution in [-0.2, 0) is 4.74 Å². The normalized spacial score (nSPS) is 22.2. The summed E-state index contributed by atoms with van der Waals surface area (Å²) in [7, 11) is 3.62. The first-order chi connectivity index (χ1) is 9.93. The van der Waals surface area contributed by atoms with Crippen LogP contribution in [0.2, 0.25) is 0 Å². The zero-order valence-electron chi connectivity index (χ0n) is 12.5. The molecule has 6 heteroatoms. The highest BCUT2D eigenvalue weighted by molar-refractivity contribution is 5.95. The Morgan fingerprint density at radius 3 is 2.81 bits per heavy atom. The minimum absolute atomic E-state index is 0.0473. The van der Waals surface area contributed by atoms with Crippen molar-refractivity contribution in [3.8, 4) is 0 Å². The molecule has 0 bridgehead atoms. The van der Waals surface area contributed by atoms with Gasteiger partial charge in [-0.2, -0.15) is 0 Å². The number of morpholine rings is 1. The number of carbonyl (C=O) groups excluding carboxylic acids is 1. The lowest BCUT2D eigenvalue weighted by molar-refractivity contribution is -0.0668. The molecule has 2 atom stereocenters. The summed E-state index contributed by atoms with van der Waals surface area (Å²) in [6, 6.07) is 4.42. The lowest BCUT2D eigenvalue weighted by atomic mass is 10.1. The van der Waals surface area contributed by atoms with Crippen LogP contribution in [0.15, 0.2) is 18.2 Å². The van der Waals surface area contributed by atoms with Crippen molar-refractivity contribution in [3.63, 3.8) is 0 Å². The zero-order chi connectivity index (χ0) is 15.6. The van der Waals surface area contributed by atoms with Crippen LogP contribution < -0.4 is 4.90 Å². The molecule has 1 N–H and O–H groups in total. The number of ether oxygens (including phenoxy) is 1. The van der Waals surface area contributed by atoms with Gasteiger partial charge in [-0.3, -0.25) is 4.79 Å². The van der Waals surface area contributed by atoms with Crippen molar-refractivity contribution in [3.05, 3.63) is 29.6 Å². The van der Waals surface area contributed by atoms with E-state index in [1.54, 1.807) is 15.9 Å². The lowest BCUT2D eigenvalue weighted by Gasteiger charge is -2.37. The van der Waals surface area contributed by atoms with E-state index in [1.807, 2.05) is 21.0 Å². The smallest absolute Gasteiger partial charge is 0.257 e. The fraction of sp³-hybridized carbons (Fsp3) is 0.533. The molecule has 2 rings (SSSR count). The second-order valence-electron chi connectivity index (χ2n) is 5.50. The highest BCUT2D eigenvalue weighted by Gasteiger charge is 2.31. The molecule has 0 aliphatic carbocycles. The number of hydrogen-bond acceptors (Lipinski definition) is 4. The molecule has 0 unspecified atom stereocenters. The molecule has 1 saturated heterocycles. The molecule has 0 aromatic heterocycles. The van der Waals surface area contributed by atoms with Crippen LogP contribution in [0.1, 0.15) is 17.3 Å². The average molecular weight is 296 g/mol. The Bertz CT molecular complexity index is 522. The molecule has 0 saturated carbocycles. The van der Waals surface area contributed by atoms with Crippen molar-refractivity contribution in [2.45, 2.75) is 19.1 Å². The quantitative estimate of drug-likeness (QED) is 0.908. The van der Waals surface area contributed by atoms with E-state index < -0.39 is 11.9 Å². The predicted molar refractivity (Wildman–Crippen MR) is 78.1 cm³/mol. The van der Waals surface area contributed by atoms with E-state index in [0.29, 0.717) is 12.3 Å². The Morgan fingerprint density at radius 1 is 1.52 bits per heavy atom. The van der Waals surface area contributed by atoms with E-state index in [1.165, 1.54) is 12.1 Å². The van der Waals surface area contributed by atoms with Gasteiger partial charge in [0.15, 0.2) is 0 Å². The van der Waals surface area contributed by atoms with Crippen LogP contribution in [0.25, 0.3) is 0 Å². The van der Waals surface area contributed by atoms with E-state index in [2.05, 4.69) is 0 Å². The summed E-state index contributed by atoms with van der Waals surface area (Å²) in [5.41, 5.74) is 0.748. The molecule has 1 fully saturated rings. The van der Waals surface area contributed by atoms with E-state index in [9.17, 15) is 9.18 Å². The summed E-state index contributed by atoms with van der Waals surface area (Å²) >= 11 is 0. The van der Waals surface area contributed by atoms with Gasteiger partial charge in [-0.25, -0.2) is 4.39 Å². The number of amides is 1. The Labute approximate surface area is 123 Å². The number of hydrogen-bond donors (Lipinski definition) is 1. The summed E-state index contributed by atoms with van der Waals surface area (Å²) < 4.78 is 19.6. The number of benzene rings is 1. The summed E-state index contributed by atoms with van der Waals surface area (Å²) in [6.45, 7) is 2.30. The molecular weight excluding hydrogens is 275 g/mol. The lowest BCUT2D eigenvalue weighted by Crippen LogP contribution is -2.52. The Morgan fingerprint density at radius 2 is 2.24 bits per heavy atom. The standard InChI is InChI=1S/C15H21FN2O3/c1-10-9-21-12(8-19)7-18(10)15(20)13-5-4-11(17(2)3)6-14(13)16/h4-6,10,12,19H,7-9H2,1-3H3/t10-,12+/m0/s1. The molecule has 5 nitrogen and oxygen atoms in total. The van der Waals surface area contributed by atoms with Gasteiger partial charge in [0.25, 0.3) is 5.91 Å². The number of aliphatic hydroxyl groups is 1. The third-order valence-corrected chi connectivity index (χ3v) is 3.67. The van der Waals surface area contributed by atoms with Crippen LogP contribution in [0.4, 0.5) is 10.1 Å². The second kappa shape index (κ2) is 6.41. The van der Waals surface area contributed by atoms with E-state index in [4.69, 9.17) is 9.84 Å². The van der Waals surface area contributed by atoms with Crippen molar-refractivity contribution < 1.29 is 19.0 Å². The fourth-order valence-electron chi connectivity index (χ4n) is 2.32. The number of nitrogens with zero attached hydrogens (tertiary/aromatic N) is 2. The minimum atomic E-state index is -0.537. The molecule has 0 radical (unpaired) electrons. The molecular formula is C15H21FN2O3. The maximum atomic E-state index is 14.2. The molecule has 1 aliphatic rings. The van der Waals surface area contributed by atoms with Gasteiger partial charge in [0.05, 0.1) is 30.9 Å². The number of carbonyl (C=O) groups is 1. The van der Waals surface area contributed by atoms with Crippen molar-refractivity contribution in [1.82, 2.24) is 4.90 Å². The molecule has 0 spiro atoms. The van der Waals surface area contributed by atoms with Crippen molar-refractivity contribution in [1.29, 1.82) is 0 Å². The van der Waals surface area contributed by atoms with Gasteiger partial charge in [0.2, 0.25) is 0 Å². The first-order valence-corrected chi connectivity index (χ1v) is 6.94. The Hall–Kier alpha value is -1.66. The number of halogens is 1. The van der Waals surface area contributed by atoms with Gasteiger partial charge < -0.3 is 19.6 Å². The van der Waals surface area contributed by atoms with Gasteiger partial charge in [-0.1, -0.05) is 0 Å². The van der Waals surface area contributed by atoms with Gasteiger partial charge in [-0.15, -0.1) is 0 Å². The molecule has 1 aromatic rings. The highest BCUT2D eigenvalue weighted by atomic mass is 19.1. The minimum Gasteiger partial charge on any atom is -0.394 e. The molecule has 1 aromatic carbocycles. The van der Waals surface area contributed by atoms with Crippen molar-refractivity contribution in [2.75, 3.05) is 38.8 Å². The van der Waals surface area contributed by atoms with Crippen molar-refractivity contribution >= 4 is 11.6 Å². The Balaban J connectivity index is 2.22. The summed E-state index contributed by atoms with van der Waals surface area (Å²) in [5, 5.41) is 9.16. The largest absolute Gasteiger partial charge is 0.394 e. The molecule has 1 aliphatic heterocycles. The maximum Gasteiger partial charge on any atom is 0.257 e. The summed E-state index contributed by atoms with van der Waals surface area (Å²) in [6.07, 6.45) is -0.408. The molecule has 21 heavy (non-hydrogen) atoms. The van der Waals surface area contributed by atoms with Gasteiger partial charge >= 0.3 is 0 Å². The number of anilines is 1. The fourth-order valence-corrected chi connectivity index (χ4v) is 2.32. The van der Waals surface area contributed by atoms with Gasteiger partial charge in [-0.05, 0) is 25.1 Å². The Kier molecular flexibility index (Phi) is 4.80. The number of aliphatic hydroxyl groups excluding tert-OH is 1. The van der Waals surface area contributed by atoms with Crippen LogP contribution in [0.3, 0.4) is 0 Å². The first-order valence-electron chi connectivity index (χ1n) is 6.94. The monoisotopic (exact) mass is 296 g/mol. The average Bonchev–Trinajstić information content (AvgIpc) is 2.47. The van der Waals surface area contributed by atoms with Crippen LogP contribution in [0.5, 0.6) is 0 Å². The van der Waals surface area contributed by atoms with Crippen LogP contribution in [-0.4, -0.2) is 61.9 Å². The molecule has 116 valence electrons. The van der Waals surface area contributed by atoms with Crippen LogP contribution in [0, 0.1) is 5.82 Å². The highest BCUT2D eigenvalue weighted by Crippen LogP contribution is 2.21. The van der Waals surface area contributed by atoms with E-state index in [0.717, 1.165) is 0 Å². The summed E-state index contributed by atoms with van der Waals surface area (Å²) in [5.74, 6) is -0.905. The first kappa shape index (κ1) is 15.7. The topological polar surface area (TPSA) is 53.0 Å². The predicted octanol–water partition coefficient (Wildman–Crippen LogP) is 1.11. The van der Waals surface area contributed by atoms with Crippen molar-refractivity contribution in [2.24, 2.45) is 0 Å². The molecule has 1 heterocycles. The zero-order valence-corrected chi connectivity index (χ0v) is 12.5. The van der Waals surface area contributed by atoms with E-state index in [-0.39, 0.29) is 30.7 Å². The SMILES string of the molecule is C[C@H]1CO[C@@H](CO)CN1C(=O)c1ccc(N(C)C)cc1F. The second-order valence-corrected chi connectivity index (χ2v) is 5.50. The molecule has 1 amide bonds. The van der Waals surface area contributed by atoms with Gasteiger partial charge in [0, 0.05) is 26.3 Å². The maximum absolute atomic E-state index is 14.2. The number of rotatable bonds is 3. The van der Waals surface area contributed by atoms with Crippen LogP contribution >= 0.6 is 0 Å².